The SMILES string of the molecule is N#CN=C(N)N1CCC(CNC(=O)c2nccnc2N)(c2ccccc2)CC1. The predicted molar refractivity (Wildman–Crippen MR) is 105 cm³/mol. The van der Waals surface area contributed by atoms with Gasteiger partial charge in [0.05, 0.1) is 0 Å². The fraction of sp³-hybridized carbons (Fsp3) is 0.316. The van der Waals surface area contributed by atoms with Gasteiger partial charge in [0, 0.05) is 37.4 Å². The Morgan fingerprint density at radius 2 is 1.93 bits per heavy atom. The number of nitrogens with one attached hydrogen (secondary N) is 1. The van der Waals surface area contributed by atoms with Gasteiger partial charge in [-0.3, -0.25) is 4.79 Å². The molecule has 0 atom stereocenters. The molecule has 3 rings (SSSR count). The quantitative estimate of drug-likeness (QED) is 0.401. The minimum absolute atomic E-state index is 0.101. The Bertz CT molecular complexity index is 898. The van der Waals surface area contributed by atoms with Gasteiger partial charge in [-0.2, -0.15) is 5.26 Å². The van der Waals surface area contributed by atoms with E-state index in [9.17, 15) is 4.79 Å². The van der Waals surface area contributed by atoms with Gasteiger partial charge < -0.3 is 21.7 Å². The van der Waals surface area contributed by atoms with Crippen LogP contribution in [0.1, 0.15) is 28.9 Å². The molecule has 5 N–H and O–H groups in total. The maximum atomic E-state index is 12.6. The van der Waals surface area contributed by atoms with E-state index in [0.29, 0.717) is 19.6 Å². The number of benzene rings is 1. The molecule has 9 heteroatoms. The number of rotatable bonds is 4. The number of nitrogens with zero attached hydrogens (tertiary/aromatic N) is 5. The van der Waals surface area contributed by atoms with Gasteiger partial charge in [0.25, 0.3) is 5.91 Å². The van der Waals surface area contributed by atoms with Gasteiger partial charge in [0.15, 0.2) is 11.5 Å². The summed E-state index contributed by atoms with van der Waals surface area (Å²) >= 11 is 0. The van der Waals surface area contributed by atoms with E-state index in [0.717, 1.165) is 18.4 Å². The van der Waals surface area contributed by atoms with Crippen molar-refractivity contribution in [2.24, 2.45) is 10.7 Å². The zero-order valence-corrected chi connectivity index (χ0v) is 15.4. The van der Waals surface area contributed by atoms with Crippen molar-refractivity contribution in [1.82, 2.24) is 20.2 Å². The molecule has 0 spiro atoms. The van der Waals surface area contributed by atoms with Gasteiger partial charge >= 0.3 is 0 Å². The van der Waals surface area contributed by atoms with Crippen molar-refractivity contribution in [3.05, 3.63) is 54.0 Å². The van der Waals surface area contributed by atoms with Gasteiger partial charge in [-0.25, -0.2) is 9.97 Å². The third kappa shape index (κ3) is 4.01. The third-order valence-corrected chi connectivity index (χ3v) is 5.12. The van der Waals surface area contributed by atoms with Gasteiger partial charge in [0.1, 0.15) is 0 Å². The van der Waals surface area contributed by atoms with E-state index < -0.39 is 0 Å². The number of carbonyl (C=O) groups excluding carboxylic acids is 1. The summed E-state index contributed by atoms with van der Waals surface area (Å²) in [5, 5.41) is 11.7. The predicted octanol–water partition coefficient (Wildman–Crippen LogP) is 0.618. The molecule has 1 saturated heterocycles. The van der Waals surface area contributed by atoms with Crippen LogP contribution in [-0.2, 0) is 5.41 Å². The van der Waals surface area contributed by atoms with E-state index in [2.05, 4.69) is 32.4 Å². The molecule has 0 unspecified atom stereocenters. The van der Waals surface area contributed by atoms with E-state index in [-0.39, 0.29) is 28.8 Å². The molecule has 1 aromatic carbocycles. The second kappa shape index (κ2) is 8.35. The number of amides is 1. The van der Waals surface area contributed by atoms with Crippen LogP contribution in [0.4, 0.5) is 5.82 Å². The summed E-state index contributed by atoms with van der Waals surface area (Å²) in [7, 11) is 0. The van der Waals surface area contributed by atoms with Gasteiger partial charge in [-0.05, 0) is 18.4 Å². The van der Waals surface area contributed by atoms with E-state index in [4.69, 9.17) is 16.7 Å². The summed E-state index contributed by atoms with van der Waals surface area (Å²) < 4.78 is 0. The molecule has 0 radical (unpaired) electrons. The Balaban J connectivity index is 1.78. The highest BCUT2D eigenvalue weighted by Gasteiger charge is 2.37. The molecule has 28 heavy (non-hydrogen) atoms. The fourth-order valence-corrected chi connectivity index (χ4v) is 3.50. The highest BCUT2D eigenvalue weighted by atomic mass is 16.1. The zero-order valence-electron chi connectivity index (χ0n) is 15.4. The molecule has 144 valence electrons. The molecule has 0 saturated carbocycles. The van der Waals surface area contributed by atoms with Gasteiger partial charge in [-0.1, -0.05) is 30.3 Å². The number of aromatic nitrogens is 2. The van der Waals surface area contributed by atoms with Crippen molar-refractivity contribution in [2.45, 2.75) is 18.3 Å². The summed E-state index contributed by atoms with van der Waals surface area (Å²) in [5.41, 5.74) is 12.6. The Hall–Kier alpha value is -3.67. The molecule has 2 heterocycles. The molecule has 1 aliphatic rings. The summed E-state index contributed by atoms with van der Waals surface area (Å²) in [5.74, 6) is -0.0292. The normalized spacial score (nSPS) is 16.2. The van der Waals surface area contributed by atoms with Crippen LogP contribution in [0, 0.1) is 11.5 Å². The highest BCUT2D eigenvalue weighted by molar-refractivity contribution is 5.96. The van der Waals surface area contributed by atoms with Crippen molar-refractivity contribution in [1.29, 1.82) is 5.26 Å². The van der Waals surface area contributed by atoms with E-state index >= 15 is 0 Å². The summed E-state index contributed by atoms with van der Waals surface area (Å²) in [4.78, 5) is 26.0. The molecule has 0 aliphatic carbocycles. The summed E-state index contributed by atoms with van der Waals surface area (Å²) in [6.45, 7) is 1.69. The molecular weight excluding hydrogens is 356 g/mol. The molecule has 9 nitrogen and oxygen atoms in total. The number of aliphatic imine (C=N–C) groups is 1. The van der Waals surface area contributed by atoms with E-state index in [1.807, 2.05) is 23.1 Å². The lowest BCUT2D eigenvalue weighted by atomic mass is 9.72. The van der Waals surface area contributed by atoms with Crippen molar-refractivity contribution < 1.29 is 4.79 Å². The van der Waals surface area contributed by atoms with Crippen LogP contribution in [0.25, 0.3) is 0 Å². The highest BCUT2D eigenvalue weighted by Crippen LogP contribution is 2.35. The maximum absolute atomic E-state index is 12.6. The molecule has 2 aromatic rings. The maximum Gasteiger partial charge on any atom is 0.273 e. The average Bonchev–Trinajstić information content (AvgIpc) is 2.73. The summed E-state index contributed by atoms with van der Waals surface area (Å²) in [6, 6.07) is 10.0. The van der Waals surface area contributed by atoms with Gasteiger partial charge in [0.2, 0.25) is 12.2 Å². The van der Waals surface area contributed by atoms with Crippen LogP contribution in [-0.4, -0.2) is 46.4 Å². The molecule has 1 aromatic heterocycles. The van der Waals surface area contributed by atoms with Crippen LogP contribution in [0.15, 0.2) is 47.7 Å². The number of nitrogen functional groups attached to an aromatic ring is 1. The second-order valence-corrected chi connectivity index (χ2v) is 6.68. The third-order valence-electron chi connectivity index (χ3n) is 5.12. The van der Waals surface area contributed by atoms with Gasteiger partial charge in [-0.15, -0.1) is 4.99 Å². The van der Waals surface area contributed by atoms with Crippen molar-refractivity contribution in [3.8, 4) is 6.19 Å². The van der Waals surface area contributed by atoms with E-state index in [1.165, 1.54) is 12.4 Å². The Morgan fingerprint density at radius 1 is 1.25 bits per heavy atom. The zero-order chi connectivity index (χ0) is 20.0. The minimum atomic E-state index is -0.353. The topological polar surface area (TPSA) is 146 Å². The first kappa shape index (κ1) is 19.1. The van der Waals surface area contributed by atoms with E-state index in [1.54, 1.807) is 6.19 Å². The Labute approximate surface area is 163 Å². The standard InChI is InChI=1S/C19H22N8O/c20-13-26-18(22)27-10-6-19(7-11-27,14-4-2-1-3-5-14)12-25-17(28)15-16(21)24-9-8-23-15/h1-5,8-9H,6-7,10-12H2,(H2,21,24)(H2,22,26)(H,25,28). The van der Waals surface area contributed by atoms with Crippen LogP contribution < -0.4 is 16.8 Å². The minimum Gasteiger partial charge on any atom is -0.382 e. The van der Waals surface area contributed by atoms with Crippen LogP contribution in [0.5, 0.6) is 0 Å². The smallest absolute Gasteiger partial charge is 0.273 e. The number of carbonyl (C=O) groups is 1. The number of piperidine rings is 1. The summed E-state index contributed by atoms with van der Waals surface area (Å²) in [6.07, 6.45) is 6.09. The van der Waals surface area contributed by atoms with Crippen molar-refractivity contribution in [3.63, 3.8) is 0 Å². The largest absolute Gasteiger partial charge is 0.382 e. The first-order valence-corrected chi connectivity index (χ1v) is 8.93. The fourth-order valence-electron chi connectivity index (χ4n) is 3.50. The lowest BCUT2D eigenvalue weighted by Gasteiger charge is -2.42. The first-order valence-electron chi connectivity index (χ1n) is 8.93. The number of hydrogen-bond acceptors (Lipinski definition) is 6. The molecule has 0 bridgehead atoms. The molecular formula is C19H22N8O. The lowest BCUT2D eigenvalue weighted by Crippen LogP contribution is -2.52. The second-order valence-electron chi connectivity index (χ2n) is 6.68. The molecule has 1 fully saturated rings. The van der Waals surface area contributed by atoms with Crippen LogP contribution in [0.3, 0.4) is 0 Å². The number of nitriles is 1. The number of anilines is 1. The van der Waals surface area contributed by atoms with Crippen molar-refractivity contribution >= 4 is 17.7 Å². The average molecular weight is 378 g/mol. The van der Waals surface area contributed by atoms with Crippen molar-refractivity contribution in [2.75, 3.05) is 25.4 Å². The lowest BCUT2D eigenvalue weighted by molar-refractivity contribution is 0.0928. The number of guanidine groups is 1. The molecule has 1 amide bonds. The Morgan fingerprint density at radius 3 is 2.57 bits per heavy atom. The van der Waals surface area contributed by atoms with Crippen LogP contribution >= 0.6 is 0 Å². The first-order chi connectivity index (χ1) is 13.6. The number of nitrogens with two attached hydrogens (primary N) is 2. The number of likely N-dealkylation sites (tertiary alicyclic amines) is 1. The van der Waals surface area contributed by atoms with Crippen LogP contribution in [0.2, 0.25) is 0 Å². The Kier molecular flexibility index (Phi) is 5.69. The number of hydrogen-bond donors (Lipinski definition) is 3. The molecule has 1 aliphatic heterocycles. The monoisotopic (exact) mass is 378 g/mol.